The van der Waals surface area contributed by atoms with Gasteiger partial charge in [0, 0.05) is 0 Å². The molecular formula is C10H16O4. The molecule has 2 fully saturated rings. The first-order valence-electron chi connectivity index (χ1n) is 5.04. The highest BCUT2D eigenvalue weighted by Crippen LogP contribution is 2.31. The summed E-state index contributed by atoms with van der Waals surface area (Å²) >= 11 is 0. The third kappa shape index (κ3) is 2.07. The maximum Gasteiger partial charge on any atom is 0.338 e. The fourth-order valence-electron chi connectivity index (χ4n) is 1.60. The summed E-state index contributed by atoms with van der Waals surface area (Å²) in [7, 11) is 0. The number of esters is 1. The average Bonchev–Trinajstić information content (AvgIpc) is 2.78. The molecule has 1 saturated heterocycles. The van der Waals surface area contributed by atoms with Gasteiger partial charge in [0.25, 0.3) is 0 Å². The van der Waals surface area contributed by atoms with Crippen molar-refractivity contribution in [1.29, 1.82) is 0 Å². The molecule has 0 unspecified atom stereocenters. The molecule has 1 saturated carbocycles. The van der Waals surface area contributed by atoms with E-state index in [0.29, 0.717) is 0 Å². The zero-order chi connectivity index (χ0) is 10.3. The maximum absolute atomic E-state index is 11.6. The van der Waals surface area contributed by atoms with E-state index >= 15 is 0 Å². The number of hydrogen-bond acceptors (Lipinski definition) is 4. The van der Waals surface area contributed by atoms with Crippen molar-refractivity contribution in [2.75, 3.05) is 0 Å². The van der Waals surface area contributed by atoms with Crippen LogP contribution in [-0.2, 0) is 19.0 Å². The molecule has 2 aliphatic rings. The fraction of sp³-hybridized carbons (Fsp3) is 0.900. The zero-order valence-electron chi connectivity index (χ0n) is 8.78. The molecule has 0 aromatic rings. The Labute approximate surface area is 83.5 Å². The van der Waals surface area contributed by atoms with E-state index in [1.165, 1.54) is 0 Å². The lowest BCUT2D eigenvalue weighted by molar-refractivity contribution is -0.171. The number of carbonyl (C=O) groups is 1. The molecular weight excluding hydrogens is 184 g/mol. The normalized spacial score (nSPS) is 35.6. The lowest BCUT2D eigenvalue weighted by Crippen LogP contribution is -2.32. The van der Waals surface area contributed by atoms with Gasteiger partial charge in [-0.25, -0.2) is 4.79 Å². The monoisotopic (exact) mass is 200 g/mol. The van der Waals surface area contributed by atoms with Gasteiger partial charge in [-0.15, -0.1) is 0 Å². The lowest BCUT2D eigenvalue weighted by Gasteiger charge is -2.16. The van der Waals surface area contributed by atoms with E-state index in [1.54, 1.807) is 13.8 Å². The smallest absolute Gasteiger partial charge is 0.338 e. The van der Waals surface area contributed by atoms with E-state index < -0.39 is 11.9 Å². The van der Waals surface area contributed by atoms with Crippen LogP contribution in [-0.4, -0.2) is 30.1 Å². The standard InChI is InChI=1S/C10H16O4/c1-6-8(14-10(2,3)13-6)9(11)12-7-4-5-7/h6-8H,4-5H2,1-3H3/t6-,8-/m0/s1. The van der Waals surface area contributed by atoms with E-state index in [4.69, 9.17) is 14.2 Å². The number of carbonyl (C=O) groups excluding carboxylic acids is 1. The minimum Gasteiger partial charge on any atom is -0.460 e. The number of hydrogen-bond donors (Lipinski definition) is 0. The van der Waals surface area contributed by atoms with Gasteiger partial charge in [-0.3, -0.25) is 0 Å². The van der Waals surface area contributed by atoms with Crippen molar-refractivity contribution in [2.45, 2.75) is 57.7 Å². The van der Waals surface area contributed by atoms with Crippen molar-refractivity contribution < 1.29 is 19.0 Å². The second kappa shape index (κ2) is 3.21. The molecule has 1 aliphatic heterocycles. The van der Waals surface area contributed by atoms with E-state index in [0.717, 1.165) is 12.8 Å². The van der Waals surface area contributed by atoms with Gasteiger partial charge in [-0.05, 0) is 33.6 Å². The third-order valence-corrected chi connectivity index (χ3v) is 2.35. The van der Waals surface area contributed by atoms with Crippen LogP contribution >= 0.6 is 0 Å². The van der Waals surface area contributed by atoms with E-state index in [9.17, 15) is 4.79 Å². The molecule has 1 heterocycles. The second-order valence-electron chi connectivity index (χ2n) is 4.40. The van der Waals surface area contributed by atoms with Crippen LogP contribution in [0.3, 0.4) is 0 Å². The summed E-state index contributed by atoms with van der Waals surface area (Å²) in [5, 5.41) is 0. The first-order chi connectivity index (χ1) is 6.48. The summed E-state index contributed by atoms with van der Waals surface area (Å²) in [5.74, 6) is -0.960. The Kier molecular flexibility index (Phi) is 2.27. The molecule has 0 amide bonds. The molecule has 4 heteroatoms. The second-order valence-corrected chi connectivity index (χ2v) is 4.40. The highest BCUT2D eigenvalue weighted by molar-refractivity contribution is 5.76. The van der Waals surface area contributed by atoms with Crippen LogP contribution in [0.15, 0.2) is 0 Å². The SMILES string of the molecule is C[C@@H]1OC(C)(C)O[C@@H]1C(=O)OC1CC1. The lowest BCUT2D eigenvalue weighted by atomic mass is 10.2. The number of ether oxygens (including phenoxy) is 3. The Morgan fingerprint density at radius 2 is 2.00 bits per heavy atom. The quantitative estimate of drug-likeness (QED) is 0.629. The molecule has 0 spiro atoms. The summed E-state index contributed by atoms with van der Waals surface area (Å²) in [4.78, 5) is 11.6. The van der Waals surface area contributed by atoms with Crippen LogP contribution in [0.2, 0.25) is 0 Å². The van der Waals surface area contributed by atoms with Crippen LogP contribution < -0.4 is 0 Å². The van der Waals surface area contributed by atoms with Gasteiger partial charge in [-0.2, -0.15) is 0 Å². The van der Waals surface area contributed by atoms with Crippen LogP contribution in [0.5, 0.6) is 0 Å². The predicted molar refractivity (Wildman–Crippen MR) is 48.6 cm³/mol. The summed E-state index contributed by atoms with van der Waals surface area (Å²) in [6.07, 6.45) is 1.30. The summed E-state index contributed by atoms with van der Waals surface area (Å²) in [6, 6.07) is 0. The molecule has 0 aromatic heterocycles. The van der Waals surface area contributed by atoms with Crippen molar-refractivity contribution >= 4 is 5.97 Å². The van der Waals surface area contributed by atoms with Gasteiger partial charge in [0.2, 0.25) is 0 Å². The van der Waals surface area contributed by atoms with Gasteiger partial charge in [0.1, 0.15) is 6.10 Å². The largest absolute Gasteiger partial charge is 0.460 e. The van der Waals surface area contributed by atoms with Crippen molar-refractivity contribution in [3.63, 3.8) is 0 Å². The molecule has 0 radical (unpaired) electrons. The topological polar surface area (TPSA) is 44.8 Å². The minimum absolute atomic E-state index is 0.127. The molecule has 0 aromatic carbocycles. The molecule has 0 bridgehead atoms. The number of rotatable bonds is 2. The minimum atomic E-state index is -0.674. The van der Waals surface area contributed by atoms with E-state index in [1.807, 2.05) is 6.92 Å². The average molecular weight is 200 g/mol. The maximum atomic E-state index is 11.6. The highest BCUT2D eigenvalue weighted by atomic mass is 16.8. The fourth-order valence-corrected chi connectivity index (χ4v) is 1.60. The molecule has 80 valence electrons. The van der Waals surface area contributed by atoms with Gasteiger partial charge in [0.15, 0.2) is 11.9 Å². The van der Waals surface area contributed by atoms with E-state index in [-0.39, 0.29) is 18.2 Å². The Bertz CT molecular complexity index is 245. The molecule has 0 N–H and O–H groups in total. The summed E-state index contributed by atoms with van der Waals surface area (Å²) in [6.45, 7) is 5.43. The van der Waals surface area contributed by atoms with E-state index in [2.05, 4.69) is 0 Å². The van der Waals surface area contributed by atoms with Crippen molar-refractivity contribution in [3.05, 3.63) is 0 Å². The van der Waals surface area contributed by atoms with Crippen LogP contribution in [0, 0.1) is 0 Å². The van der Waals surface area contributed by atoms with Crippen molar-refractivity contribution in [1.82, 2.24) is 0 Å². The molecule has 14 heavy (non-hydrogen) atoms. The van der Waals surface area contributed by atoms with Gasteiger partial charge in [0.05, 0.1) is 6.10 Å². The van der Waals surface area contributed by atoms with Crippen molar-refractivity contribution in [3.8, 4) is 0 Å². The highest BCUT2D eigenvalue weighted by Gasteiger charge is 2.45. The Morgan fingerprint density at radius 1 is 1.36 bits per heavy atom. The molecule has 2 rings (SSSR count). The third-order valence-electron chi connectivity index (χ3n) is 2.35. The van der Waals surface area contributed by atoms with Gasteiger partial charge < -0.3 is 14.2 Å². The summed E-state index contributed by atoms with van der Waals surface area (Å²) < 4.78 is 16.1. The summed E-state index contributed by atoms with van der Waals surface area (Å²) in [5.41, 5.74) is 0. The van der Waals surface area contributed by atoms with Crippen LogP contribution in [0.1, 0.15) is 33.6 Å². The first kappa shape index (κ1) is 9.93. The molecule has 1 aliphatic carbocycles. The van der Waals surface area contributed by atoms with Gasteiger partial charge in [-0.1, -0.05) is 0 Å². The van der Waals surface area contributed by atoms with Crippen LogP contribution in [0.25, 0.3) is 0 Å². The Hall–Kier alpha value is -0.610. The van der Waals surface area contributed by atoms with Crippen molar-refractivity contribution in [2.24, 2.45) is 0 Å². The molecule has 2 atom stereocenters. The van der Waals surface area contributed by atoms with Crippen LogP contribution in [0.4, 0.5) is 0 Å². The Balaban J connectivity index is 1.93. The van der Waals surface area contributed by atoms with Gasteiger partial charge >= 0.3 is 5.97 Å². The molecule has 4 nitrogen and oxygen atoms in total. The Morgan fingerprint density at radius 3 is 2.43 bits per heavy atom. The first-order valence-corrected chi connectivity index (χ1v) is 5.04. The predicted octanol–water partition coefficient (Wildman–Crippen LogP) is 1.23. The zero-order valence-corrected chi connectivity index (χ0v) is 8.78.